The SMILES string of the molecule is COc1ccc(CCNCc2cnc(OC)s2)cc1. The molecule has 1 aromatic heterocycles. The molecule has 0 spiro atoms. The molecule has 0 fully saturated rings. The van der Waals surface area contributed by atoms with Crippen LogP contribution in [0.3, 0.4) is 0 Å². The zero-order valence-corrected chi connectivity index (χ0v) is 12.0. The highest BCUT2D eigenvalue weighted by molar-refractivity contribution is 7.13. The van der Waals surface area contributed by atoms with Crippen molar-refractivity contribution in [3.8, 4) is 10.9 Å². The van der Waals surface area contributed by atoms with Crippen LogP contribution in [0.1, 0.15) is 10.4 Å². The van der Waals surface area contributed by atoms with Crippen LogP contribution in [0.15, 0.2) is 30.5 Å². The quantitative estimate of drug-likeness (QED) is 0.790. The number of benzene rings is 1. The Bertz CT molecular complexity index is 496. The monoisotopic (exact) mass is 278 g/mol. The van der Waals surface area contributed by atoms with Crippen molar-refractivity contribution in [1.82, 2.24) is 10.3 Å². The molecule has 0 radical (unpaired) electrons. The van der Waals surface area contributed by atoms with Gasteiger partial charge in [-0.3, -0.25) is 0 Å². The summed E-state index contributed by atoms with van der Waals surface area (Å²) in [4.78, 5) is 5.32. The number of nitrogens with one attached hydrogen (secondary N) is 1. The Kier molecular flexibility index (Phi) is 5.18. The summed E-state index contributed by atoms with van der Waals surface area (Å²) >= 11 is 1.57. The van der Waals surface area contributed by atoms with Gasteiger partial charge in [-0.15, -0.1) is 0 Å². The molecule has 5 heteroatoms. The average Bonchev–Trinajstić information content (AvgIpc) is 2.92. The first-order chi connectivity index (χ1) is 9.31. The lowest BCUT2D eigenvalue weighted by Crippen LogP contribution is -2.15. The number of aromatic nitrogens is 1. The smallest absolute Gasteiger partial charge is 0.273 e. The van der Waals surface area contributed by atoms with Crippen molar-refractivity contribution in [1.29, 1.82) is 0 Å². The van der Waals surface area contributed by atoms with E-state index in [1.54, 1.807) is 25.6 Å². The Labute approximate surface area is 117 Å². The number of ether oxygens (including phenoxy) is 2. The van der Waals surface area contributed by atoms with E-state index in [9.17, 15) is 0 Å². The van der Waals surface area contributed by atoms with Gasteiger partial charge in [0.1, 0.15) is 5.75 Å². The first-order valence-corrected chi connectivity index (χ1v) is 6.96. The minimum absolute atomic E-state index is 0.715. The number of rotatable bonds is 7. The van der Waals surface area contributed by atoms with Crippen molar-refractivity contribution in [2.24, 2.45) is 0 Å². The number of methoxy groups -OCH3 is 2. The molecular weight excluding hydrogens is 260 g/mol. The summed E-state index contributed by atoms with van der Waals surface area (Å²) in [5.41, 5.74) is 1.30. The summed E-state index contributed by atoms with van der Waals surface area (Å²) in [6, 6.07) is 8.17. The number of hydrogen-bond donors (Lipinski definition) is 1. The van der Waals surface area contributed by atoms with Crippen LogP contribution in [-0.4, -0.2) is 25.7 Å². The minimum atomic E-state index is 0.715. The van der Waals surface area contributed by atoms with Crippen molar-refractivity contribution in [3.05, 3.63) is 40.9 Å². The molecule has 2 aromatic rings. The maximum Gasteiger partial charge on any atom is 0.273 e. The molecule has 0 aliphatic carbocycles. The second kappa shape index (κ2) is 7.11. The third kappa shape index (κ3) is 4.22. The fraction of sp³-hybridized carbons (Fsp3) is 0.357. The maximum absolute atomic E-state index is 5.13. The van der Waals surface area contributed by atoms with Gasteiger partial charge >= 0.3 is 0 Å². The predicted octanol–water partition coefficient (Wildman–Crippen LogP) is 2.49. The van der Waals surface area contributed by atoms with E-state index in [2.05, 4.69) is 22.4 Å². The van der Waals surface area contributed by atoms with Crippen LogP contribution in [0.5, 0.6) is 10.9 Å². The van der Waals surface area contributed by atoms with E-state index in [0.29, 0.717) is 5.19 Å². The molecule has 0 atom stereocenters. The molecule has 0 aliphatic heterocycles. The van der Waals surface area contributed by atoms with Crippen LogP contribution >= 0.6 is 11.3 Å². The molecule has 102 valence electrons. The lowest BCUT2D eigenvalue weighted by atomic mass is 10.1. The molecule has 4 nitrogen and oxygen atoms in total. The summed E-state index contributed by atoms with van der Waals surface area (Å²) in [5, 5.41) is 4.11. The Morgan fingerprint density at radius 3 is 2.58 bits per heavy atom. The van der Waals surface area contributed by atoms with Gasteiger partial charge in [-0.25, -0.2) is 4.98 Å². The van der Waals surface area contributed by atoms with Gasteiger partial charge < -0.3 is 14.8 Å². The van der Waals surface area contributed by atoms with Gasteiger partial charge in [0.2, 0.25) is 0 Å². The van der Waals surface area contributed by atoms with E-state index < -0.39 is 0 Å². The number of hydrogen-bond acceptors (Lipinski definition) is 5. The van der Waals surface area contributed by atoms with Crippen molar-refractivity contribution in [3.63, 3.8) is 0 Å². The summed E-state index contributed by atoms with van der Waals surface area (Å²) in [7, 11) is 3.32. The van der Waals surface area contributed by atoms with Crippen molar-refractivity contribution >= 4 is 11.3 Å². The van der Waals surface area contributed by atoms with Crippen LogP contribution in [-0.2, 0) is 13.0 Å². The molecule has 0 saturated carbocycles. The Hall–Kier alpha value is -1.59. The summed E-state index contributed by atoms with van der Waals surface area (Å²) in [6.45, 7) is 1.77. The normalized spacial score (nSPS) is 10.4. The zero-order chi connectivity index (χ0) is 13.5. The third-order valence-electron chi connectivity index (χ3n) is 2.76. The van der Waals surface area contributed by atoms with Crippen LogP contribution in [0.4, 0.5) is 0 Å². The fourth-order valence-electron chi connectivity index (χ4n) is 1.70. The first-order valence-electron chi connectivity index (χ1n) is 6.14. The molecule has 0 bridgehead atoms. The standard InChI is InChI=1S/C14H18N2O2S/c1-17-12-5-3-11(4-6-12)7-8-15-9-13-10-16-14(18-2)19-13/h3-6,10,15H,7-9H2,1-2H3. The van der Waals surface area contributed by atoms with Gasteiger partial charge in [-0.05, 0) is 30.7 Å². The highest BCUT2D eigenvalue weighted by atomic mass is 32.1. The van der Waals surface area contributed by atoms with Crippen molar-refractivity contribution < 1.29 is 9.47 Å². The van der Waals surface area contributed by atoms with Crippen molar-refractivity contribution in [2.75, 3.05) is 20.8 Å². The topological polar surface area (TPSA) is 43.4 Å². The Balaban J connectivity index is 1.71. The molecule has 0 saturated heterocycles. The van der Waals surface area contributed by atoms with Crippen molar-refractivity contribution in [2.45, 2.75) is 13.0 Å². The van der Waals surface area contributed by atoms with Crippen LogP contribution in [0.25, 0.3) is 0 Å². The molecule has 1 heterocycles. The molecule has 0 unspecified atom stereocenters. The first kappa shape index (κ1) is 13.8. The minimum Gasteiger partial charge on any atom is -0.497 e. The lowest BCUT2D eigenvalue weighted by molar-refractivity contribution is 0.412. The Morgan fingerprint density at radius 1 is 1.16 bits per heavy atom. The predicted molar refractivity (Wildman–Crippen MR) is 77.1 cm³/mol. The summed E-state index contributed by atoms with van der Waals surface area (Å²) in [5.74, 6) is 0.897. The van der Waals surface area contributed by atoms with E-state index in [1.165, 1.54) is 10.4 Å². The van der Waals surface area contributed by atoms with E-state index in [1.807, 2.05) is 18.3 Å². The molecule has 1 aromatic carbocycles. The molecular formula is C14H18N2O2S. The second-order valence-corrected chi connectivity index (χ2v) is 5.15. The zero-order valence-electron chi connectivity index (χ0n) is 11.2. The third-order valence-corrected chi connectivity index (χ3v) is 3.71. The molecule has 19 heavy (non-hydrogen) atoms. The number of thiazole rings is 1. The summed E-state index contributed by atoms with van der Waals surface area (Å²) in [6.07, 6.45) is 2.85. The lowest BCUT2D eigenvalue weighted by Gasteiger charge is -2.04. The van der Waals surface area contributed by atoms with Gasteiger partial charge in [-0.2, -0.15) is 0 Å². The Morgan fingerprint density at radius 2 is 1.95 bits per heavy atom. The number of nitrogens with zero attached hydrogens (tertiary/aromatic N) is 1. The highest BCUT2D eigenvalue weighted by Crippen LogP contribution is 2.19. The van der Waals surface area contributed by atoms with Gasteiger partial charge in [0.05, 0.1) is 14.2 Å². The fourth-order valence-corrected chi connectivity index (χ4v) is 2.39. The van der Waals surface area contributed by atoms with Gasteiger partial charge in [0.15, 0.2) is 0 Å². The van der Waals surface area contributed by atoms with E-state index in [4.69, 9.17) is 9.47 Å². The molecule has 2 rings (SSSR count). The molecule has 0 amide bonds. The second-order valence-electron chi connectivity index (χ2n) is 4.07. The maximum atomic E-state index is 5.13. The van der Waals surface area contributed by atoms with E-state index in [0.717, 1.165) is 25.3 Å². The van der Waals surface area contributed by atoms with Gasteiger partial charge in [0, 0.05) is 17.6 Å². The van der Waals surface area contributed by atoms with Crippen LogP contribution in [0, 0.1) is 0 Å². The highest BCUT2D eigenvalue weighted by Gasteiger charge is 2.01. The van der Waals surface area contributed by atoms with E-state index >= 15 is 0 Å². The molecule has 0 aliphatic rings. The van der Waals surface area contributed by atoms with Crippen LogP contribution in [0.2, 0.25) is 0 Å². The van der Waals surface area contributed by atoms with Crippen LogP contribution < -0.4 is 14.8 Å². The average molecular weight is 278 g/mol. The van der Waals surface area contributed by atoms with Gasteiger partial charge in [-0.1, -0.05) is 23.5 Å². The summed E-state index contributed by atoms with van der Waals surface area (Å²) < 4.78 is 10.2. The van der Waals surface area contributed by atoms with E-state index in [-0.39, 0.29) is 0 Å². The largest absolute Gasteiger partial charge is 0.497 e. The molecule has 1 N–H and O–H groups in total. The van der Waals surface area contributed by atoms with Gasteiger partial charge in [0.25, 0.3) is 5.19 Å².